The molecule has 0 aromatic rings. The van der Waals surface area contributed by atoms with Gasteiger partial charge in [-0.2, -0.15) is 0 Å². The number of carbonyl (C=O) groups is 1. The van der Waals surface area contributed by atoms with Gasteiger partial charge in [0.05, 0.1) is 5.92 Å². The zero-order chi connectivity index (χ0) is 10.1. The molecule has 0 radical (unpaired) electrons. The monoisotopic (exact) mass is 232 g/mol. The molecule has 1 heterocycles. The summed E-state index contributed by atoms with van der Waals surface area (Å²) >= 11 is 0. The number of hydrogen-bond donors (Lipinski definition) is 2. The van der Waals surface area contributed by atoms with E-state index in [1.807, 2.05) is 0 Å². The second-order valence-corrected chi connectivity index (χ2v) is 4.92. The van der Waals surface area contributed by atoms with E-state index in [-0.39, 0.29) is 24.2 Å². The lowest BCUT2D eigenvalue weighted by Gasteiger charge is -2.29. The van der Waals surface area contributed by atoms with Crippen molar-refractivity contribution in [3.05, 3.63) is 0 Å². The Hall–Kier alpha value is -0.280. The Morgan fingerprint density at radius 3 is 2.13 bits per heavy atom. The topological polar surface area (TPSA) is 41.1 Å². The van der Waals surface area contributed by atoms with Crippen LogP contribution in [-0.4, -0.2) is 25.0 Å². The molecule has 0 aromatic carbocycles. The van der Waals surface area contributed by atoms with Crippen LogP contribution in [0.25, 0.3) is 0 Å². The molecule has 1 saturated carbocycles. The van der Waals surface area contributed by atoms with Crippen LogP contribution in [-0.2, 0) is 4.79 Å². The minimum Gasteiger partial charge on any atom is -0.353 e. The molecule has 1 amide bonds. The molecule has 0 aromatic heterocycles. The minimum atomic E-state index is 0. The fraction of sp³-hybridized carbons (Fsp3) is 0.909. The average molecular weight is 233 g/mol. The number of nitrogens with one attached hydrogen (secondary N) is 2. The summed E-state index contributed by atoms with van der Waals surface area (Å²) in [5.41, 5.74) is 0. The van der Waals surface area contributed by atoms with Crippen molar-refractivity contribution in [3.63, 3.8) is 0 Å². The van der Waals surface area contributed by atoms with Crippen LogP contribution >= 0.6 is 12.4 Å². The van der Waals surface area contributed by atoms with Crippen LogP contribution < -0.4 is 10.6 Å². The van der Waals surface area contributed by atoms with E-state index in [4.69, 9.17) is 0 Å². The average Bonchev–Trinajstić information content (AvgIpc) is 2.32. The summed E-state index contributed by atoms with van der Waals surface area (Å²) in [6.45, 7) is 6.21. The quantitative estimate of drug-likeness (QED) is 0.751. The van der Waals surface area contributed by atoms with Gasteiger partial charge in [0.1, 0.15) is 0 Å². The molecule has 2 fully saturated rings. The summed E-state index contributed by atoms with van der Waals surface area (Å²) in [5, 5.41) is 6.33. The van der Waals surface area contributed by atoms with E-state index in [1.54, 1.807) is 0 Å². The molecule has 2 N–H and O–H groups in total. The van der Waals surface area contributed by atoms with Crippen molar-refractivity contribution >= 4 is 18.3 Å². The van der Waals surface area contributed by atoms with Gasteiger partial charge in [-0.3, -0.25) is 4.79 Å². The molecular formula is C11H21ClN2O. The number of amides is 1. The van der Waals surface area contributed by atoms with E-state index < -0.39 is 0 Å². The largest absolute Gasteiger partial charge is 0.353 e. The van der Waals surface area contributed by atoms with Gasteiger partial charge in [0.2, 0.25) is 5.91 Å². The molecule has 1 aliphatic carbocycles. The second-order valence-electron chi connectivity index (χ2n) is 4.92. The van der Waals surface area contributed by atoms with E-state index in [0.29, 0.717) is 17.9 Å². The lowest BCUT2D eigenvalue weighted by Crippen LogP contribution is -2.53. The van der Waals surface area contributed by atoms with E-state index in [0.717, 1.165) is 13.1 Å². The van der Waals surface area contributed by atoms with E-state index in [1.165, 1.54) is 12.8 Å². The van der Waals surface area contributed by atoms with Crippen LogP contribution in [0, 0.1) is 17.8 Å². The van der Waals surface area contributed by atoms with E-state index in [9.17, 15) is 4.79 Å². The number of hydrogen-bond acceptors (Lipinski definition) is 2. The molecule has 2 aliphatic rings. The predicted octanol–water partition coefficient (Wildman–Crippen LogP) is 1.18. The zero-order valence-electron chi connectivity index (χ0n) is 9.45. The van der Waals surface area contributed by atoms with Gasteiger partial charge in [0.15, 0.2) is 0 Å². The molecule has 1 aliphatic heterocycles. The van der Waals surface area contributed by atoms with Gasteiger partial charge >= 0.3 is 0 Å². The first kappa shape index (κ1) is 12.8. The van der Waals surface area contributed by atoms with Crippen molar-refractivity contribution in [2.24, 2.45) is 17.8 Å². The SMILES string of the molecule is CC1CCC(C)C1NC(=O)C1CNC1.Cl. The van der Waals surface area contributed by atoms with E-state index in [2.05, 4.69) is 24.5 Å². The lowest BCUT2D eigenvalue weighted by molar-refractivity contribution is -0.127. The van der Waals surface area contributed by atoms with Crippen molar-refractivity contribution in [1.82, 2.24) is 10.6 Å². The van der Waals surface area contributed by atoms with E-state index >= 15 is 0 Å². The Bertz CT molecular complexity index is 221. The molecule has 0 bridgehead atoms. The molecule has 4 heteroatoms. The lowest BCUT2D eigenvalue weighted by atomic mass is 9.97. The highest BCUT2D eigenvalue weighted by Crippen LogP contribution is 2.30. The van der Waals surface area contributed by atoms with Crippen LogP contribution in [0.15, 0.2) is 0 Å². The third-order valence-corrected chi connectivity index (χ3v) is 3.76. The van der Waals surface area contributed by atoms with Crippen molar-refractivity contribution in [3.8, 4) is 0 Å². The van der Waals surface area contributed by atoms with Gasteiger partial charge in [0, 0.05) is 19.1 Å². The fourth-order valence-electron chi connectivity index (χ4n) is 2.49. The smallest absolute Gasteiger partial charge is 0.225 e. The normalized spacial score (nSPS) is 35.5. The Morgan fingerprint density at radius 2 is 1.73 bits per heavy atom. The van der Waals surface area contributed by atoms with Crippen LogP contribution in [0.4, 0.5) is 0 Å². The molecule has 15 heavy (non-hydrogen) atoms. The third-order valence-electron chi connectivity index (χ3n) is 3.76. The van der Waals surface area contributed by atoms with Crippen molar-refractivity contribution in [2.45, 2.75) is 32.7 Å². The van der Waals surface area contributed by atoms with Crippen LogP contribution in [0.3, 0.4) is 0 Å². The highest BCUT2D eigenvalue weighted by Gasteiger charge is 2.34. The summed E-state index contributed by atoms with van der Waals surface area (Å²) in [4.78, 5) is 11.7. The van der Waals surface area contributed by atoms with Crippen LogP contribution in [0.5, 0.6) is 0 Å². The molecule has 1 saturated heterocycles. The Balaban J connectivity index is 0.00000112. The predicted molar refractivity (Wildman–Crippen MR) is 63.1 cm³/mol. The molecule has 2 unspecified atom stereocenters. The van der Waals surface area contributed by atoms with Gasteiger partial charge in [-0.15, -0.1) is 12.4 Å². The Labute approximate surface area is 97.8 Å². The van der Waals surface area contributed by atoms with Crippen molar-refractivity contribution < 1.29 is 4.79 Å². The maximum absolute atomic E-state index is 11.7. The van der Waals surface area contributed by atoms with Gasteiger partial charge in [-0.05, 0) is 24.7 Å². The molecule has 0 spiro atoms. The first-order valence-corrected chi connectivity index (χ1v) is 5.69. The maximum atomic E-state index is 11.7. The fourth-order valence-corrected chi connectivity index (χ4v) is 2.49. The summed E-state index contributed by atoms with van der Waals surface area (Å²) in [6.07, 6.45) is 2.52. The van der Waals surface area contributed by atoms with Crippen LogP contribution in [0.1, 0.15) is 26.7 Å². The molecule has 3 nitrogen and oxygen atoms in total. The summed E-state index contributed by atoms with van der Waals surface area (Å²) < 4.78 is 0. The highest BCUT2D eigenvalue weighted by atomic mass is 35.5. The zero-order valence-corrected chi connectivity index (χ0v) is 10.3. The first-order valence-electron chi connectivity index (χ1n) is 5.69. The maximum Gasteiger partial charge on any atom is 0.225 e. The Morgan fingerprint density at radius 1 is 1.20 bits per heavy atom. The number of halogens is 1. The molecule has 2 rings (SSSR count). The summed E-state index contributed by atoms with van der Waals surface area (Å²) in [7, 11) is 0. The van der Waals surface area contributed by atoms with Crippen LogP contribution in [0.2, 0.25) is 0 Å². The molecular weight excluding hydrogens is 212 g/mol. The van der Waals surface area contributed by atoms with Gasteiger partial charge in [-0.25, -0.2) is 0 Å². The van der Waals surface area contributed by atoms with Crippen molar-refractivity contribution in [2.75, 3.05) is 13.1 Å². The van der Waals surface area contributed by atoms with Gasteiger partial charge in [0.25, 0.3) is 0 Å². The first-order chi connectivity index (χ1) is 6.68. The molecule has 2 atom stereocenters. The standard InChI is InChI=1S/C11H20N2O.ClH/c1-7-3-4-8(2)10(7)13-11(14)9-5-12-6-9;/h7-10,12H,3-6H2,1-2H3,(H,13,14);1H. The van der Waals surface area contributed by atoms with Gasteiger partial charge in [-0.1, -0.05) is 13.8 Å². The Kier molecular flexibility index (Phi) is 4.41. The van der Waals surface area contributed by atoms with Crippen molar-refractivity contribution in [1.29, 1.82) is 0 Å². The molecule has 88 valence electrons. The minimum absolute atomic E-state index is 0. The number of carbonyl (C=O) groups excluding carboxylic acids is 1. The summed E-state index contributed by atoms with van der Waals surface area (Å²) in [6, 6.07) is 0.420. The number of rotatable bonds is 2. The third kappa shape index (κ3) is 2.64. The highest BCUT2D eigenvalue weighted by molar-refractivity contribution is 5.85. The second kappa shape index (κ2) is 5.17. The summed E-state index contributed by atoms with van der Waals surface area (Å²) in [5.74, 6) is 1.80. The van der Waals surface area contributed by atoms with Gasteiger partial charge < -0.3 is 10.6 Å².